The normalized spacial score (nSPS) is 12.1. The van der Waals surface area contributed by atoms with Crippen molar-refractivity contribution in [2.75, 3.05) is 5.32 Å². The molecule has 0 atom stereocenters. The number of alkyl halides is 6. The molecule has 0 unspecified atom stereocenters. The van der Waals surface area contributed by atoms with Crippen molar-refractivity contribution < 1.29 is 35.5 Å². The molecule has 12 heteroatoms. The van der Waals surface area contributed by atoms with Gasteiger partial charge in [-0.1, -0.05) is 0 Å². The second-order valence-electron chi connectivity index (χ2n) is 5.66. The number of halogens is 7. The number of carbonyl (C=O) groups excluding carboxylic acids is 1. The van der Waals surface area contributed by atoms with Crippen molar-refractivity contribution in [2.24, 2.45) is 0 Å². The molecule has 29 heavy (non-hydrogen) atoms. The first kappa shape index (κ1) is 20.3. The number of pyridine rings is 1. The van der Waals surface area contributed by atoms with Gasteiger partial charge in [0, 0.05) is 18.0 Å². The van der Waals surface area contributed by atoms with Crippen LogP contribution in [0.5, 0.6) is 0 Å². The molecule has 0 saturated heterocycles. The van der Waals surface area contributed by atoms with E-state index in [0.717, 1.165) is 30.5 Å². The third-order valence-electron chi connectivity index (χ3n) is 3.66. The van der Waals surface area contributed by atoms with Crippen molar-refractivity contribution in [2.45, 2.75) is 12.4 Å². The first-order valence-corrected chi connectivity index (χ1v) is 7.73. The number of nitrogens with zero attached hydrogens (tertiary/aromatic N) is 3. The molecule has 1 aromatic carbocycles. The van der Waals surface area contributed by atoms with E-state index in [9.17, 15) is 35.5 Å². The Hall–Kier alpha value is -3.44. The minimum absolute atomic E-state index is 0.0683. The number of aromatic nitrogens is 3. The summed E-state index contributed by atoms with van der Waals surface area (Å²) in [5.74, 6) is -1.88. The molecular weight excluding hydrogens is 409 g/mol. The summed E-state index contributed by atoms with van der Waals surface area (Å²) in [6, 6.07) is 6.73. The fourth-order valence-corrected chi connectivity index (χ4v) is 2.36. The van der Waals surface area contributed by atoms with E-state index < -0.39 is 35.6 Å². The van der Waals surface area contributed by atoms with Gasteiger partial charge in [0.25, 0.3) is 5.91 Å². The van der Waals surface area contributed by atoms with Crippen LogP contribution in [0.2, 0.25) is 0 Å². The number of nitrogens with one attached hydrogen (secondary N) is 1. The summed E-state index contributed by atoms with van der Waals surface area (Å²) in [7, 11) is 0. The van der Waals surface area contributed by atoms with Gasteiger partial charge < -0.3 is 5.32 Å². The minimum atomic E-state index is -5.08. The van der Waals surface area contributed by atoms with Gasteiger partial charge in [-0.05, 0) is 36.4 Å². The zero-order valence-corrected chi connectivity index (χ0v) is 14.0. The summed E-state index contributed by atoms with van der Waals surface area (Å²) in [5.41, 5.74) is -3.93. The molecule has 0 bridgehead atoms. The van der Waals surface area contributed by atoms with Crippen molar-refractivity contribution in [3.63, 3.8) is 0 Å². The van der Waals surface area contributed by atoms with Crippen molar-refractivity contribution >= 4 is 11.6 Å². The maximum absolute atomic E-state index is 13.5. The van der Waals surface area contributed by atoms with Crippen molar-refractivity contribution in [1.82, 2.24) is 14.8 Å². The highest BCUT2D eigenvalue weighted by Crippen LogP contribution is 2.36. The molecule has 152 valence electrons. The zero-order chi connectivity index (χ0) is 21.4. The Balaban J connectivity index is 1.90. The van der Waals surface area contributed by atoms with Crippen LogP contribution in [-0.4, -0.2) is 20.7 Å². The average molecular weight is 418 g/mol. The van der Waals surface area contributed by atoms with E-state index in [0.29, 0.717) is 0 Å². The molecule has 0 aliphatic carbocycles. The maximum Gasteiger partial charge on any atom is 0.435 e. The lowest BCUT2D eigenvalue weighted by molar-refractivity contribution is -0.143. The molecule has 5 nitrogen and oxygen atoms in total. The average Bonchev–Trinajstić information content (AvgIpc) is 3.09. The summed E-state index contributed by atoms with van der Waals surface area (Å²) in [4.78, 5) is 15.3. The summed E-state index contributed by atoms with van der Waals surface area (Å²) in [6.07, 6.45) is -9.01. The number of benzene rings is 1. The molecule has 1 N–H and O–H groups in total. The van der Waals surface area contributed by atoms with E-state index in [1.165, 1.54) is 12.1 Å². The van der Waals surface area contributed by atoms with Crippen LogP contribution >= 0.6 is 0 Å². The van der Waals surface area contributed by atoms with Crippen LogP contribution in [-0.2, 0) is 12.4 Å². The lowest BCUT2D eigenvalue weighted by atomic mass is 10.2. The molecule has 3 rings (SSSR count). The van der Waals surface area contributed by atoms with E-state index >= 15 is 0 Å². The molecule has 0 radical (unpaired) electrons. The van der Waals surface area contributed by atoms with Crippen molar-refractivity contribution in [1.29, 1.82) is 0 Å². The molecule has 2 aromatic heterocycles. The largest absolute Gasteiger partial charge is 0.435 e. The summed E-state index contributed by atoms with van der Waals surface area (Å²) < 4.78 is 91.1. The highest BCUT2D eigenvalue weighted by atomic mass is 19.4. The topological polar surface area (TPSA) is 59.8 Å². The smallest absolute Gasteiger partial charge is 0.322 e. The molecule has 3 aromatic rings. The number of hydrogen-bond acceptors (Lipinski definition) is 3. The SMILES string of the molecule is O=C(Nc1ccc(-n2nc(C(F)(F)F)cc2C(F)(F)F)cc1)c1cccnc1F. The predicted molar refractivity (Wildman–Crippen MR) is 85.7 cm³/mol. The van der Waals surface area contributed by atoms with Gasteiger partial charge in [0.15, 0.2) is 5.69 Å². The molecule has 0 aliphatic rings. The molecule has 2 heterocycles. The van der Waals surface area contributed by atoms with Crippen LogP contribution in [0.15, 0.2) is 48.7 Å². The third kappa shape index (κ3) is 4.36. The second kappa shape index (κ2) is 7.18. The van der Waals surface area contributed by atoms with E-state index in [1.807, 2.05) is 0 Å². The van der Waals surface area contributed by atoms with Gasteiger partial charge in [0.05, 0.1) is 11.3 Å². The summed E-state index contributed by atoms with van der Waals surface area (Å²) in [6.45, 7) is 0. The van der Waals surface area contributed by atoms with E-state index in [2.05, 4.69) is 15.4 Å². The van der Waals surface area contributed by atoms with Gasteiger partial charge >= 0.3 is 12.4 Å². The summed E-state index contributed by atoms with van der Waals surface area (Å²) in [5, 5.41) is 5.30. The highest BCUT2D eigenvalue weighted by molar-refractivity contribution is 6.04. The Morgan fingerprint density at radius 2 is 1.62 bits per heavy atom. The van der Waals surface area contributed by atoms with E-state index in [4.69, 9.17) is 0 Å². The van der Waals surface area contributed by atoms with Crippen LogP contribution in [0.25, 0.3) is 5.69 Å². The Labute approximate surface area is 157 Å². The number of carbonyl (C=O) groups is 1. The van der Waals surface area contributed by atoms with Crippen LogP contribution < -0.4 is 5.32 Å². The monoisotopic (exact) mass is 418 g/mol. The second-order valence-corrected chi connectivity index (χ2v) is 5.66. The third-order valence-corrected chi connectivity index (χ3v) is 3.66. The lowest BCUT2D eigenvalue weighted by Gasteiger charge is -2.11. The fourth-order valence-electron chi connectivity index (χ4n) is 2.36. The van der Waals surface area contributed by atoms with Gasteiger partial charge in [-0.25, -0.2) is 9.67 Å². The number of hydrogen-bond donors (Lipinski definition) is 1. The van der Waals surface area contributed by atoms with E-state index in [1.54, 1.807) is 0 Å². The van der Waals surface area contributed by atoms with Gasteiger partial charge in [0.2, 0.25) is 5.95 Å². The standard InChI is InChI=1S/C17H9F7N4O/c18-14-11(2-1-7-25-14)15(29)26-9-3-5-10(6-4-9)28-13(17(22,23)24)8-12(27-28)16(19,20)21/h1-8H,(H,26,29). The Morgan fingerprint density at radius 1 is 0.966 bits per heavy atom. The van der Waals surface area contributed by atoms with Gasteiger partial charge in [-0.15, -0.1) is 0 Å². The zero-order valence-electron chi connectivity index (χ0n) is 14.0. The molecule has 0 saturated carbocycles. The molecule has 0 spiro atoms. The number of anilines is 1. The molecule has 0 aliphatic heterocycles. The van der Waals surface area contributed by atoms with Crippen LogP contribution in [0.4, 0.5) is 36.4 Å². The number of rotatable bonds is 3. The molecule has 0 fully saturated rings. The lowest BCUT2D eigenvalue weighted by Crippen LogP contribution is -2.15. The van der Waals surface area contributed by atoms with Gasteiger partial charge in [0.1, 0.15) is 5.69 Å². The first-order chi connectivity index (χ1) is 13.5. The van der Waals surface area contributed by atoms with Crippen LogP contribution in [0, 0.1) is 5.95 Å². The molecular formula is C17H9F7N4O. The number of amides is 1. The quantitative estimate of drug-likeness (QED) is 0.496. The highest BCUT2D eigenvalue weighted by Gasteiger charge is 2.42. The molecule has 1 amide bonds. The van der Waals surface area contributed by atoms with Gasteiger partial charge in [-0.2, -0.15) is 35.8 Å². The predicted octanol–water partition coefficient (Wildman–Crippen LogP) is 4.70. The van der Waals surface area contributed by atoms with Gasteiger partial charge in [-0.3, -0.25) is 4.79 Å². The van der Waals surface area contributed by atoms with E-state index in [-0.39, 0.29) is 27.7 Å². The Kier molecular flexibility index (Phi) is 5.03. The summed E-state index contributed by atoms with van der Waals surface area (Å²) >= 11 is 0. The van der Waals surface area contributed by atoms with Crippen molar-refractivity contribution in [3.05, 3.63) is 71.6 Å². The Bertz CT molecular complexity index is 1040. The first-order valence-electron chi connectivity index (χ1n) is 7.73. The fraction of sp³-hybridized carbons (Fsp3) is 0.118. The Morgan fingerprint density at radius 3 is 2.17 bits per heavy atom. The minimum Gasteiger partial charge on any atom is -0.322 e. The van der Waals surface area contributed by atoms with Crippen LogP contribution in [0.3, 0.4) is 0 Å². The van der Waals surface area contributed by atoms with Crippen LogP contribution in [0.1, 0.15) is 21.7 Å². The maximum atomic E-state index is 13.5. The van der Waals surface area contributed by atoms with Crippen molar-refractivity contribution in [3.8, 4) is 5.69 Å².